The summed E-state index contributed by atoms with van der Waals surface area (Å²) in [5.74, 6) is 0.268. The number of aromatic nitrogens is 2. The van der Waals surface area contributed by atoms with Crippen LogP contribution >= 0.6 is 0 Å². The molecule has 0 bridgehead atoms. The van der Waals surface area contributed by atoms with Gasteiger partial charge in [-0.2, -0.15) is 0 Å². The molecule has 3 rings (SSSR count). The normalized spacial score (nSPS) is 18.2. The summed E-state index contributed by atoms with van der Waals surface area (Å²) in [6, 6.07) is 9.04. The van der Waals surface area contributed by atoms with Crippen LogP contribution in [0.4, 0.5) is 0 Å². The number of aromatic amines is 1. The molecule has 1 saturated heterocycles. The van der Waals surface area contributed by atoms with Gasteiger partial charge in [0.25, 0.3) is 17.4 Å². The van der Waals surface area contributed by atoms with Crippen molar-refractivity contribution in [1.82, 2.24) is 19.6 Å². The van der Waals surface area contributed by atoms with Crippen LogP contribution in [-0.4, -0.2) is 57.1 Å². The van der Waals surface area contributed by atoms with E-state index in [1.165, 1.54) is 16.3 Å². The van der Waals surface area contributed by atoms with Gasteiger partial charge in [0.1, 0.15) is 5.69 Å². The van der Waals surface area contributed by atoms with Gasteiger partial charge in [0.15, 0.2) is 0 Å². The minimum atomic E-state index is -0.298. The number of nitrogens with one attached hydrogen (secondary N) is 1. The van der Waals surface area contributed by atoms with Gasteiger partial charge in [0.2, 0.25) is 0 Å². The molecule has 2 amide bonds. The molecule has 1 aliphatic rings. The number of amides is 2. The number of nitrogens with zero attached hydrogens (tertiary/aromatic N) is 3. The first-order valence-corrected chi connectivity index (χ1v) is 9.78. The zero-order valence-electron chi connectivity index (χ0n) is 16.9. The van der Waals surface area contributed by atoms with Crippen molar-refractivity contribution in [3.8, 4) is 0 Å². The van der Waals surface area contributed by atoms with Crippen LogP contribution in [0.3, 0.4) is 0 Å². The van der Waals surface area contributed by atoms with E-state index in [0.717, 1.165) is 6.42 Å². The fourth-order valence-corrected chi connectivity index (χ4v) is 3.65. The van der Waals surface area contributed by atoms with Crippen LogP contribution in [-0.2, 0) is 7.05 Å². The summed E-state index contributed by atoms with van der Waals surface area (Å²) in [6.07, 6.45) is 1.06. The first kappa shape index (κ1) is 19.9. The second-order valence-corrected chi connectivity index (χ2v) is 7.59. The molecule has 2 atom stereocenters. The Morgan fingerprint density at radius 2 is 1.86 bits per heavy atom. The Bertz CT molecular complexity index is 912. The van der Waals surface area contributed by atoms with Gasteiger partial charge in [-0.1, -0.05) is 26.0 Å². The highest BCUT2D eigenvalue weighted by molar-refractivity contribution is 5.95. The van der Waals surface area contributed by atoms with Crippen molar-refractivity contribution in [3.63, 3.8) is 0 Å². The number of rotatable bonds is 4. The van der Waals surface area contributed by atoms with E-state index >= 15 is 0 Å². The van der Waals surface area contributed by atoms with Crippen molar-refractivity contribution < 1.29 is 9.59 Å². The lowest BCUT2D eigenvalue weighted by Crippen LogP contribution is -2.55. The zero-order valence-corrected chi connectivity index (χ0v) is 16.9. The maximum absolute atomic E-state index is 12.9. The second-order valence-electron chi connectivity index (χ2n) is 7.59. The lowest BCUT2D eigenvalue weighted by Gasteiger charge is -2.39. The highest BCUT2D eigenvalue weighted by Crippen LogP contribution is 2.21. The number of hydrogen-bond acceptors (Lipinski definition) is 3. The maximum atomic E-state index is 12.9. The Hall–Kier alpha value is -2.83. The molecule has 1 aliphatic heterocycles. The SMILES string of the molecule is CCC(C)c1ccc(C(=O)N2CCN(C(=O)c3cc(=O)[nH]n3C)CC2C)cc1. The molecule has 0 spiro atoms. The minimum Gasteiger partial charge on any atom is -0.333 e. The van der Waals surface area contributed by atoms with Crippen LogP contribution in [0.15, 0.2) is 35.1 Å². The van der Waals surface area contributed by atoms with Crippen LogP contribution in [0.25, 0.3) is 0 Å². The average molecular weight is 384 g/mol. The Morgan fingerprint density at radius 3 is 2.39 bits per heavy atom. The zero-order chi connectivity index (χ0) is 20.4. The molecule has 1 aromatic heterocycles. The molecule has 0 radical (unpaired) electrons. The van der Waals surface area contributed by atoms with Crippen LogP contribution in [0, 0.1) is 0 Å². The van der Waals surface area contributed by atoms with Crippen molar-refractivity contribution in [1.29, 1.82) is 0 Å². The van der Waals surface area contributed by atoms with Gasteiger partial charge in [-0.25, -0.2) is 0 Å². The monoisotopic (exact) mass is 384 g/mol. The lowest BCUT2D eigenvalue weighted by atomic mass is 9.97. The number of carbonyl (C=O) groups is 2. The molecule has 0 saturated carbocycles. The number of H-pyrrole nitrogens is 1. The van der Waals surface area contributed by atoms with Crippen molar-refractivity contribution in [2.45, 2.75) is 39.2 Å². The van der Waals surface area contributed by atoms with Crippen molar-refractivity contribution in [2.24, 2.45) is 7.05 Å². The Labute approximate surface area is 164 Å². The van der Waals surface area contributed by atoms with E-state index in [9.17, 15) is 14.4 Å². The first-order chi connectivity index (χ1) is 13.3. The van der Waals surface area contributed by atoms with Crippen LogP contribution in [0.2, 0.25) is 0 Å². The molecule has 150 valence electrons. The summed E-state index contributed by atoms with van der Waals surface area (Å²) >= 11 is 0. The first-order valence-electron chi connectivity index (χ1n) is 9.78. The number of carbonyl (C=O) groups excluding carboxylic acids is 2. The fourth-order valence-electron chi connectivity index (χ4n) is 3.65. The molecule has 2 unspecified atom stereocenters. The van der Waals surface area contributed by atoms with E-state index in [1.807, 2.05) is 36.1 Å². The van der Waals surface area contributed by atoms with Gasteiger partial charge in [0, 0.05) is 44.4 Å². The van der Waals surface area contributed by atoms with Crippen LogP contribution in [0.5, 0.6) is 0 Å². The molecular formula is C21H28N4O3. The number of benzene rings is 1. The summed E-state index contributed by atoms with van der Waals surface area (Å²) in [5.41, 5.74) is 1.94. The van der Waals surface area contributed by atoms with E-state index in [0.29, 0.717) is 36.8 Å². The van der Waals surface area contributed by atoms with Gasteiger partial charge in [0.05, 0.1) is 0 Å². The molecule has 28 heavy (non-hydrogen) atoms. The van der Waals surface area contributed by atoms with Crippen molar-refractivity contribution in [3.05, 3.63) is 57.5 Å². The fraction of sp³-hybridized carbons (Fsp3) is 0.476. The highest BCUT2D eigenvalue weighted by atomic mass is 16.2. The van der Waals surface area contributed by atoms with E-state index in [-0.39, 0.29) is 23.4 Å². The van der Waals surface area contributed by atoms with Gasteiger partial charge in [-0.15, -0.1) is 0 Å². The molecule has 2 heterocycles. The molecule has 1 N–H and O–H groups in total. The summed E-state index contributed by atoms with van der Waals surface area (Å²) in [7, 11) is 1.64. The van der Waals surface area contributed by atoms with Crippen LogP contribution in [0.1, 0.15) is 59.5 Å². The Morgan fingerprint density at radius 1 is 1.18 bits per heavy atom. The summed E-state index contributed by atoms with van der Waals surface area (Å²) in [4.78, 5) is 40.6. The number of hydrogen-bond donors (Lipinski definition) is 1. The van der Waals surface area contributed by atoms with E-state index in [2.05, 4.69) is 18.9 Å². The predicted molar refractivity (Wildman–Crippen MR) is 108 cm³/mol. The minimum absolute atomic E-state index is 0.00987. The van der Waals surface area contributed by atoms with Gasteiger partial charge in [-0.3, -0.25) is 24.2 Å². The maximum Gasteiger partial charge on any atom is 0.272 e. The van der Waals surface area contributed by atoms with E-state index < -0.39 is 0 Å². The Balaban J connectivity index is 1.68. The number of aryl methyl sites for hydroxylation is 1. The molecule has 7 nitrogen and oxygen atoms in total. The number of piperazine rings is 1. The molecule has 7 heteroatoms. The molecule has 1 aromatic carbocycles. The van der Waals surface area contributed by atoms with Crippen molar-refractivity contribution in [2.75, 3.05) is 19.6 Å². The third-order valence-corrected chi connectivity index (χ3v) is 5.64. The van der Waals surface area contributed by atoms with Gasteiger partial charge < -0.3 is 9.80 Å². The van der Waals surface area contributed by atoms with Gasteiger partial charge >= 0.3 is 0 Å². The second kappa shape index (κ2) is 8.04. The smallest absolute Gasteiger partial charge is 0.272 e. The molecule has 2 aromatic rings. The Kier molecular flexibility index (Phi) is 5.72. The van der Waals surface area contributed by atoms with E-state index in [4.69, 9.17) is 0 Å². The van der Waals surface area contributed by atoms with Crippen molar-refractivity contribution >= 4 is 11.8 Å². The third kappa shape index (κ3) is 3.88. The largest absolute Gasteiger partial charge is 0.333 e. The van der Waals surface area contributed by atoms with Crippen LogP contribution < -0.4 is 5.56 Å². The highest BCUT2D eigenvalue weighted by Gasteiger charge is 2.31. The predicted octanol–water partition coefficient (Wildman–Crippen LogP) is 2.21. The average Bonchev–Trinajstić information content (AvgIpc) is 3.04. The molecular weight excluding hydrogens is 356 g/mol. The van der Waals surface area contributed by atoms with Gasteiger partial charge in [-0.05, 0) is 37.0 Å². The lowest BCUT2D eigenvalue weighted by molar-refractivity contribution is 0.0409. The summed E-state index contributed by atoms with van der Waals surface area (Å²) < 4.78 is 1.44. The quantitative estimate of drug-likeness (QED) is 0.878. The molecule has 1 fully saturated rings. The third-order valence-electron chi connectivity index (χ3n) is 5.64. The topological polar surface area (TPSA) is 78.4 Å². The summed E-state index contributed by atoms with van der Waals surface area (Å²) in [6.45, 7) is 7.62. The standard InChI is InChI=1S/C21H28N4O3/c1-5-14(2)16-6-8-17(9-7-16)20(27)25-11-10-24(13-15(25)3)21(28)18-12-19(26)22-23(18)4/h6-9,12,14-15H,5,10-11,13H2,1-4H3,(H,22,26). The summed E-state index contributed by atoms with van der Waals surface area (Å²) in [5, 5.41) is 2.55. The molecule has 0 aliphatic carbocycles. The van der Waals surface area contributed by atoms with E-state index in [1.54, 1.807) is 11.9 Å².